The number of hydrogen-bond acceptors (Lipinski definition) is 6. The minimum absolute atomic E-state index is 0.186. The Bertz CT molecular complexity index is 1080. The van der Waals surface area contributed by atoms with Gasteiger partial charge in [-0.2, -0.15) is 0 Å². The average molecular weight is 562 g/mol. The second-order valence-corrected chi connectivity index (χ2v) is 12.1. The zero-order chi connectivity index (χ0) is 29.0. The molecule has 0 saturated heterocycles. The van der Waals surface area contributed by atoms with E-state index in [9.17, 15) is 14.5 Å². The molecule has 218 valence electrons. The quantitative estimate of drug-likeness (QED) is 0.152. The summed E-state index contributed by atoms with van der Waals surface area (Å²) in [6.07, 6.45) is 6.57. The maximum atomic E-state index is 13.9. The summed E-state index contributed by atoms with van der Waals surface area (Å²) in [4.78, 5) is 12.3. The lowest BCUT2D eigenvalue weighted by Crippen LogP contribution is -2.35. The normalized spacial score (nSPS) is 13.6. The van der Waals surface area contributed by atoms with E-state index in [4.69, 9.17) is 14.0 Å². The third-order valence-corrected chi connectivity index (χ3v) is 8.35. The molecular weight excluding hydrogens is 513 g/mol. The van der Waals surface area contributed by atoms with Crippen LogP contribution in [-0.2, 0) is 44.5 Å². The summed E-state index contributed by atoms with van der Waals surface area (Å²) in [6.45, 7) is 12.0. The highest BCUT2D eigenvalue weighted by molar-refractivity contribution is 7.57. The maximum absolute atomic E-state index is 13.9. The van der Waals surface area contributed by atoms with Crippen molar-refractivity contribution < 1.29 is 28.5 Å². The van der Waals surface area contributed by atoms with Gasteiger partial charge in [0.2, 0.25) is 0 Å². The van der Waals surface area contributed by atoms with Crippen molar-refractivity contribution in [3.05, 3.63) is 46.5 Å². The van der Waals surface area contributed by atoms with Crippen molar-refractivity contribution in [2.24, 2.45) is 0 Å². The van der Waals surface area contributed by atoms with Gasteiger partial charge in [0.05, 0.1) is 6.61 Å². The molecule has 2 rings (SSSR count). The molecule has 2 aromatic carbocycles. The Labute approximate surface area is 235 Å². The first-order valence-corrected chi connectivity index (χ1v) is 16.2. The molecule has 0 radical (unpaired) electrons. The highest BCUT2D eigenvalue weighted by Crippen LogP contribution is 2.47. The minimum Gasteiger partial charge on any atom is -0.507 e. The van der Waals surface area contributed by atoms with E-state index in [1.54, 1.807) is 13.8 Å². The Kier molecular flexibility index (Phi) is 13.5. The van der Waals surface area contributed by atoms with E-state index in [0.717, 1.165) is 84.7 Å². The average Bonchev–Trinajstić information content (AvgIpc) is 2.88. The first-order chi connectivity index (χ1) is 18.7. The van der Waals surface area contributed by atoms with E-state index in [1.807, 2.05) is 0 Å². The summed E-state index contributed by atoms with van der Waals surface area (Å²) >= 11 is 0. The van der Waals surface area contributed by atoms with Crippen LogP contribution in [0.5, 0.6) is 11.5 Å². The summed E-state index contributed by atoms with van der Waals surface area (Å²) < 4.78 is 30.6. The molecule has 0 fully saturated rings. The van der Waals surface area contributed by atoms with Crippen molar-refractivity contribution in [3.8, 4) is 22.6 Å². The van der Waals surface area contributed by atoms with E-state index in [0.29, 0.717) is 11.5 Å². The van der Waals surface area contributed by atoms with Crippen LogP contribution in [0, 0.1) is 0 Å². The molecule has 2 atom stereocenters. The van der Waals surface area contributed by atoms with Crippen LogP contribution in [0.2, 0.25) is 0 Å². The lowest BCUT2D eigenvalue weighted by Gasteiger charge is -2.26. The largest absolute Gasteiger partial charge is 0.507 e. The second-order valence-electron chi connectivity index (χ2n) is 10.1. The number of phenolic OH excluding ortho intramolecular Hbond substituents is 1. The molecule has 0 amide bonds. The number of rotatable bonds is 17. The number of aryl methyl sites for hydroxylation is 4. The highest BCUT2D eigenvalue weighted by Gasteiger charge is 2.32. The molecule has 8 heteroatoms. The van der Waals surface area contributed by atoms with Crippen molar-refractivity contribution in [3.63, 3.8) is 0 Å². The Morgan fingerprint density at radius 1 is 0.846 bits per heavy atom. The smallest absolute Gasteiger partial charge is 0.342 e. The van der Waals surface area contributed by atoms with Gasteiger partial charge in [-0.1, -0.05) is 53.4 Å². The van der Waals surface area contributed by atoms with Crippen molar-refractivity contribution in [2.75, 3.05) is 20.1 Å². The molecule has 0 aromatic heterocycles. The number of methoxy groups -OCH3 is 1. The molecule has 0 spiro atoms. The van der Waals surface area contributed by atoms with Gasteiger partial charge in [0.25, 0.3) is 0 Å². The molecule has 0 saturated carbocycles. The van der Waals surface area contributed by atoms with Gasteiger partial charge in [-0.25, -0.2) is 5.09 Å². The number of hydrogen-bond donors (Lipinski definition) is 2. The number of carbonyl (C=O) groups is 1. The Morgan fingerprint density at radius 2 is 1.28 bits per heavy atom. The number of phenols is 1. The van der Waals surface area contributed by atoms with E-state index in [2.05, 4.69) is 57.0 Å². The predicted octanol–water partition coefficient (Wildman–Crippen LogP) is 7.59. The first kappa shape index (κ1) is 32.9. The highest BCUT2D eigenvalue weighted by atomic mass is 31.2. The van der Waals surface area contributed by atoms with Gasteiger partial charge in [-0.05, 0) is 97.2 Å². The maximum Gasteiger partial charge on any atom is 0.342 e. The summed E-state index contributed by atoms with van der Waals surface area (Å²) in [5.41, 5.74) is 5.97. The van der Waals surface area contributed by atoms with Crippen molar-refractivity contribution in [1.82, 2.24) is 5.09 Å². The van der Waals surface area contributed by atoms with Gasteiger partial charge in [0, 0.05) is 7.11 Å². The fraction of sp³-hybridized carbons (Fsp3) is 0.581. The van der Waals surface area contributed by atoms with Crippen LogP contribution in [0.15, 0.2) is 24.3 Å². The Morgan fingerprint density at radius 3 is 1.69 bits per heavy atom. The molecule has 7 nitrogen and oxygen atoms in total. The topological polar surface area (TPSA) is 94.1 Å². The van der Waals surface area contributed by atoms with Gasteiger partial charge in [-0.15, -0.1) is 0 Å². The van der Waals surface area contributed by atoms with Crippen molar-refractivity contribution in [2.45, 2.75) is 99.0 Å². The monoisotopic (exact) mass is 561 g/mol. The van der Waals surface area contributed by atoms with Crippen molar-refractivity contribution in [1.29, 1.82) is 0 Å². The van der Waals surface area contributed by atoms with Crippen LogP contribution in [0.1, 0.15) is 89.5 Å². The molecule has 1 unspecified atom stereocenters. The van der Waals surface area contributed by atoms with Crippen LogP contribution in [-0.4, -0.2) is 37.2 Å². The van der Waals surface area contributed by atoms with Crippen LogP contribution >= 0.6 is 7.52 Å². The fourth-order valence-electron chi connectivity index (χ4n) is 4.82. The molecule has 39 heavy (non-hydrogen) atoms. The minimum atomic E-state index is -3.61. The first-order valence-electron chi connectivity index (χ1n) is 14.4. The van der Waals surface area contributed by atoms with Crippen LogP contribution in [0.4, 0.5) is 0 Å². The predicted molar refractivity (Wildman–Crippen MR) is 159 cm³/mol. The van der Waals surface area contributed by atoms with E-state index in [1.165, 1.54) is 7.11 Å². The van der Waals surface area contributed by atoms with Gasteiger partial charge in [-0.3, -0.25) is 9.36 Å². The van der Waals surface area contributed by atoms with Crippen LogP contribution < -0.4 is 9.61 Å². The van der Waals surface area contributed by atoms with E-state index >= 15 is 0 Å². The summed E-state index contributed by atoms with van der Waals surface area (Å²) in [6, 6.07) is 7.60. The number of carbonyl (C=O) groups excluding carboxylic acids is 1. The SMILES string of the molecule is CCCc1cc(-c2cc(CCC)c(OP(=O)(COC)N[C@@H](C)C(=O)OCC)c(CCC)c2)cc(CCC)c1O. The van der Waals surface area contributed by atoms with Gasteiger partial charge in [0.15, 0.2) is 0 Å². The van der Waals surface area contributed by atoms with Gasteiger partial charge >= 0.3 is 13.5 Å². The number of nitrogens with one attached hydrogen (secondary N) is 1. The number of aromatic hydroxyl groups is 1. The zero-order valence-electron chi connectivity index (χ0n) is 24.9. The summed E-state index contributed by atoms with van der Waals surface area (Å²) in [5.74, 6) is 0.508. The van der Waals surface area contributed by atoms with E-state index in [-0.39, 0.29) is 13.0 Å². The fourth-order valence-corrected chi connectivity index (χ4v) is 6.56. The molecule has 0 aliphatic carbocycles. The summed E-state index contributed by atoms with van der Waals surface area (Å²) in [5, 5.41) is 13.7. The molecule has 0 bridgehead atoms. The number of esters is 1. The van der Waals surface area contributed by atoms with E-state index < -0.39 is 19.5 Å². The Hall–Kier alpha value is -2.34. The molecule has 0 aliphatic heterocycles. The van der Waals surface area contributed by atoms with Crippen LogP contribution in [0.3, 0.4) is 0 Å². The molecule has 0 heterocycles. The second kappa shape index (κ2) is 16.1. The zero-order valence-corrected chi connectivity index (χ0v) is 25.8. The third kappa shape index (κ3) is 9.09. The van der Waals surface area contributed by atoms with Crippen LogP contribution in [0.25, 0.3) is 11.1 Å². The van der Waals surface area contributed by atoms with Crippen molar-refractivity contribution >= 4 is 13.5 Å². The van der Waals surface area contributed by atoms with Gasteiger partial charge < -0.3 is 19.1 Å². The number of benzene rings is 2. The lowest BCUT2D eigenvalue weighted by atomic mass is 9.91. The molecule has 2 N–H and O–H groups in total. The lowest BCUT2D eigenvalue weighted by molar-refractivity contribution is -0.144. The standard InChI is InChI=1S/C31H48NO6P/c1-8-13-23-17-27(18-24(14-9-2)29(23)33)28-19-25(15-10-3)30(26(20-28)16-11-4)38-39(35,21-36-7)32-22(6)31(34)37-12-5/h17-20,22,33H,8-16,21H2,1-7H3,(H,32,35)/t22-,39?/m0/s1. The molecular formula is C31H48NO6P. The third-order valence-electron chi connectivity index (χ3n) is 6.49. The Balaban J connectivity index is 2.65. The summed E-state index contributed by atoms with van der Waals surface area (Å²) in [7, 11) is -2.15. The van der Waals surface area contributed by atoms with Gasteiger partial charge in [0.1, 0.15) is 23.9 Å². The molecule has 2 aromatic rings. The molecule has 0 aliphatic rings. The number of ether oxygens (including phenoxy) is 2.